The molecule has 0 saturated carbocycles. The summed E-state index contributed by atoms with van der Waals surface area (Å²) >= 11 is 6.35. The van der Waals surface area contributed by atoms with E-state index in [0.29, 0.717) is 39.2 Å². The molecular weight excluding hydrogens is 470 g/mol. The van der Waals surface area contributed by atoms with E-state index < -0.39 is 0 Å². The van der Waals surface area contributed by atoms with Crippen molar-refractivity contribution in [3.05, 3.63) is 53.3 Å². The average Bonchev–Trinajstić information content (AvgIpc) is 3.49. The summed E-state index contributed by atoms with van der Waals surface area (Å²) in [6.45, 7) is 3.71. The minimum Gasteiger partial charge on any atom is -0.493 e. The molecule has 0 aliphatic carbocycles. The van der Waals surface area contributed by atoms with Gasteiger partial charge in [-0.2, -0.15) is 5.10 Å². The van der Waals surface area contributed by atoms with Crippen molar-refractivity contribution >= 4 is 39.9 Å². The van der Waals surface area contributed by atoms with E-state index in [0.717, 1.165) is 37.4 Å². The Kier molecular flexibility index (Phi) is 6.23. The van der Waals surface area contributed by atoms with E-state index in [1.54, 1.807) is 43.4 Å². The molecule has 2 aromatic heterocycles. The van der Waals surface area contributed by atoms with Crippen molar-refractivity contribution in [3.8, 4) is 17.4 Å². The van der Waals surface area contributed by atoms with Crippen LogP contribution in [0.15, 0.2) is 42.7 Å². The highest BCUT2D eigenvalue weighted by Gasteiger charge is 2.18. The number of H-pyrrole nitrogens is 1. The van der Waals surface area contributed by atoms with Crippen molar-refractivity contribution in [3.63, 3.8) is 0 Å². The first kappa shape index (κ1) is 23.0. The Morgan fingerprint density at radius 3 is 2.54 bits per heavy atom. The number of nitrogens with one attached hydrogen (secondary N) is 2. The van der Waals surface area contributed by atoms with Gasteiger partial charge in [0.25, 0.3) is 5.91 Å². The van der Waals surface area contributed by atoms with E-state index in [2.05, 4.69) is 37.2 Å². The number of hydrogen-bond acceptors (Lipinski definition) is 7. The van der Waals surface area contributed by atoms with Crippen LogP contribution < -0.4 is 19.7 Å². The van der Waals surface area contributed by atoms with Gasteiger partial charge >= 0.3 is 0 Å². The summed E-state index contributed by atoms with van der Waals surface area (Å²) in [7, 11) is 5.26. The van der Waals surface area contributed by atoms with Gasteiger partial charge in [0.15, 0.2) is 11.5 Å². The molecule has 1 fully saturated rings. The lowest BCUT2D eigenvalue weighted by Gasteiger charge is -2.34. The van der Waals surface area contributed by atoms with Crippen molar-refractivity contribution < 1.29 is 14.3 Å². The van der Waals surface area contributed by atoms with Crippen LogP contribution in [0.1, 0.15) is 10.4 Å². The van der Waals surface area contributed by atoms with Crippen LogP contribution in [0.2, 0.25) is 5.02 Å². The van der Waals surface area contributed by atoms with Crippen molar-refractivity contribution in [2.75, 3.05) is 57.7 Å². The first-order chi connectivity index (χ1) is 16.9. The highest BCUT2D eigenvalue weighted by atomic mass is 35.5. The van der Waals surface area contributed by atoms with E-state index in [4.69, 9.17) is 21.1 Å². The predicted molar refractivity (Wildman–Crippen MR) is 135 cm³/mol. The van der Waals surface area contributed by atoms with E-state index >= 15 is 0 Å². The third-order valence-electron chi connectivity index (χ3n) is 6.05. The van der Waals surface area contributed by atoms with Gasteiger partial charge in [0.1, 0.15) is 0 Å². The molecule has 5 rings (SSSR count). The van der Waals surface area contributed by atoms with Crippen LogP contribution >= 0.6 is 11.6 Å². The quantitative estimate of drug-likeness (QED) is 0.422. The molecule has 1 aliphatic rings. The molecular formula is C24H26ClN7O3. The molecule has 182 valence electrons. The molecule has 10 nitrogen and oxygen atoms in total. The number of aromatic nitrogens is 4. The fourth-order valence-corrected chi connectivity index (χ4v) is 4.32. The molecule has 35 heavy (non-hydrogen) atoms. The van der Waals surface area contributed by atoms with Crippen LogP contribution in [0, 0.1) is 0 Å². The minimum absolute atomic E-state index is 0.262. The number of aromatic amines is 1. The number of imidazole rings is 1. The lowest BCUT2D eigenvalue weighted by Crippen LogP contribution is -2.44. The second kappa shape index (κ2) is 9.47. The fourth-order valence-electron chi connectivity index (χ4n) is 4.09. The number of rotatable bonds is 6. The molecule has 0 unspecified atom stereocenters. The number of benzene rings is 2. The number of likely N-dealkylation sites (N-methyl/N-ethyl adjacent to an activating group) is 1. The lowest BCUT2D eigenvalue weighted by molar-refractivity contribution is 0.102. The number of carbonyl (C=O) groups is 1. The van der Waals surface area contributed by atoms with Crippen LogP contribution in [0.25, 0.3) is 17.0 Å². The zero-order chi connectivity index (χ0) is 24.5. The number of halogens is 1. The molecule has 0 bridgehead atoms. The van der Waals surface area contributed by atoms with Gasteiger partial charge in [-0.15, -0.1) is 0 Å². The molecule has 0 spiro atoms. The largest absolute Gasteiger partial charge is 0.493 e. The smallest absolute Gasteiger partial charge is 0.255 e. The number of amides is 1. The molecule has 11 heteroatoms. The zero-order valence-electron chi connectivity index (χ0n) is 19.7. The first-order valence-corrected chi connectivity index (χ1v) is 11.5. The molecule has 4 aromatic rings. The lowest BCUT2D eigenvalue weighted by atomic mass is 10.1. The van der Waals surface area contributed by atoms with Crippen LogP contribution in [-0.4, -0.2) is 78.0 Å². The average molecular weight is 496 g/mol. The SMILES string of the molecule is COc1cc2nc(-n3cc(NC(=O)c4cc(Cl)cc(N5CCN(C)CC5)c4)cn3)[nH]c2cc1OC. The van der Waals surface area contributed by atoms with Crippen molar-refractivity contribution in [1.82, 2.24) is 24.6 Å². The van der Waals surface area contributed by atoms with Gasteiger partial charge in [-0.05, 0) is 25.2 Å². The third-order valence-corrected chi connectivity index (χ3v) is 6.26. The maximum atomic E-state index is 13.0. The highest BCUT2D eigenvalue weighted by molar-refractivity contribution is 6.31. The van der Waals surface area contributed by atoms with Gasteiger partial charge < -0.3 is 29.6 Å². The number of methoxy groups -OCH3 is 2. The Balaban J connectivity index is 1.34. The van der Waals surface area contributed by atoms with Gasteiger partial charge in [0.2, 0.25) is 5.95 Å². The van der Waals surface area contributed by atoms with Crippen LogP contribution in [0.3, 0.4) is 0 Å². The number of anilines is 2. The van der Waals surface area contributed by atoms with Gasteiger partial charge in [-0.3, -0.25) is 4.79 Å². The molecule has 1 aliphatic heterocycles. The normalized spacial score (nSPS) is 14.3. The van der Waals surface area contributed by atoms with Crippen LogP contribution in [0.5, 0.6) is 11.5 Å². The molecule has 1 saturated heterocycles. The Labute approximate surface area is 207 Å². The summed E-state index contributed by atoms with van der Waals surface area (Å²) in [4.78, 5) is 25.3. The minimum atomic E-state index is -0.262. The van der Waals surface area contributed by atoms with Crippen LogP contribution in [0.4, 0.5) is 11.4 Å². The first-order valence-electron chi connectivity index (χ1n) is 11.2. The van der Waals surface area contributed by atoms with Crippen molar-refractivity contribution in [2.45, 2.75) is 0 Å². The molecule has 0 atom stereocenters. The Morgan fingerprint density at radius 1 is 1.06 bits per heavy atom. The number of fused-ring (bicyclic) bond motifs is 1. The summed E-state index contributed by atoms with van der Waals surface area (Å²) in [6.07, 6.45) is 3.26. The van der Waals surface area contributed by atoms with Gasteiger partial charge in [-0.25, -0.2) is 9.67 Å². The van der Waals surface area contributed by atoms with Crippen molar-refractivity contribution in [2.24, 2.45) is 0 Å². The maximum Gasteiger partial charge on any atom is 0.255 e. The molecule has 3 heterocycles. The fraction of sp³-hybridized carbons (Fsp3) is 0.292. The number of nitrogens with zero attached hydrogens (tertiary/aromatic N) is 5. The summed E-state index contributed by atoms with van der Waals surface area (Å²) in [5, 5.41) is 7.75. The zero-order valence-corrected chi connectivity index (χ0v) is 20.5. The number of piperazine rings is 1. The third kappa shape index (κ3) is 4.75. The highest BCUT2D eigenvalue weighted by Crippen LogP contribution is 2.31. The monoisotopic (exact) mass is 495 g/mol. The number of carbonyl (C=O) groups excluding carboxylic acids is 1. The maximum absolute atomic E-state index is 13.0. The van der Waals surface area contributed by atoms with E-state index in [-0.39, 0.29) is 5.91 Å². The Morgan fingerprint density at radius 2 is 1.80 bits per heavy atom. The Hall–Kier alpha value is -3.76. The van der Waals surface area contributed by atoms with E-state index in [1.165, 1.54) is 0 Å². The topological polar surface area (TPSA) is 101 Å². The van der Waals surface area contributed by atoms with Crippen LogP contribution in [-0.2, 0) is 0 Å². The summed E-state index contributed by atoms with van der Waals surface area (Å²) in [6, 6.07) is 9.04. The van der Waals surface area contributed by atoms with Crippen molar-refractivity contribution in [1.29, 1.82) is 0 Å². The van der Waals surface area contributed by atoms with E-state index in [1.807, 2.05) is 18.2 Å². The summed E-state index contributed by atoms with van der Waals surface area (Å²) < 4.78 is 12.3. The molecule has 0 radical (unpaired) electrons. The summed E-state index contributed by atoms with van der Waals surface area (Å²) in [5.41, 5.74) is 3.44. The predicted octanol–water partition coefficient (Wildman–Crippen LogP) is 3.42. The molecule has 2 aromatic carbocycles. The standard InChI is InChI=1S/C24H26ClN7O3/c1-30-4-6-31(7-5-30)18-9-15(8-16(25)10-18)23(33)27-17-13-26-32(14-17)24-28-19-11-21(34-2)22(35-3)12-20(19)29-24/h8-14H,4-7H2,1-3H3,(H,27,33)(H,28,29). The van der Waals surface area contributed by atoms with Gasteiger partial charge in [0, 0.05) is 54.6 Å². The second-order valence-electron chi connectivity index (χ2n) is 8.40. The number of hydrogen-bond donors (Lipinski definition) is 2. The second-order valence-corrected chi connectivity index (χ2v) is 8.84. The molecule has 2 N–H and O–H groups in total. The van der Waals surface area contributed by atoms with Gasteiger partial charge in [0.05, 0.1) is 43.3 Å². The molecule has 1 amide bonds. The Bertz CT molecular complexity index is 1330. The van der Waals surface area contributed by atoms with E-state index in [9.17, 15) is 4.79 Å². The number of ether oxygens (including phenoxy) is 2. The summed E-state index contributed by atoms with van der Waals surface area (Å²) in [5.74, 6) is 1.42. The van der Waals surface area contributed by atoms with Gasteiger partial charge in [-0.1, -0.05) is 11.6 Å².